The van der Waals surface area contributed by atoms with Crippen molar-refractivity contribution in [3.05, 3.63) is 28.2 Å². The lowest BCUT2D eigenvalue weighted by Crippen LogP contribution is -2.41. The molecule has 21 heavy (non-hydrogen) atoms. The summed E-state index contributed by atoms with van der Waals surface area (Å²) in [6, 6.07) is 4.94. The first kappa shape index (κ1) is 16.4. The molecule has 0 saturated carbocycles. The highest BCUT2D eigenvalue weighted by molar-refractivity contribution is 6.34. The molecule has 4 nitrogen and oxygen atoms in total. The molecule has 0 aliphatic carbocycles. The molecule has 0 radical (unpaired) electrons. The first-order chi connectivity index (χ1) is 10.1. The molecule has 1 aromatic rings. The summed E-state index contributed by atoms with van der Waals surface area (Å²) in [6.07, 6.45) is 2.09. The zero-order valence-electron chi connectivity index (χ0n) is 11.9. The van der Waals surface area contributed by atoms with Gasteiger partial charge in [-0.3, -0.25) is 4.79 Å². The molecule has 0 bridgehead atoms. The monoisotopic (exact) mass is 331 g/mol. The number of halogens is 2. The predicted molar refractivity (Wildman–Crippen MR) is 83.2 cm³/mol. The van der Waals surface area contributed by atoms with Crippen LogP contribution in [0.2, 0.25) is 10.0 Å². The topological polar surface area (TPSA) is 47.6 Å². The quantitative estimate of drug-likeness (QED) is 0.868. The second-order valence-electron chi connectivity index (χ2n) is 4.97. The molecule has 1 N–H and O–H groups in total. The molecule has 1 aliphatic heterocycles. The molecule has 2 atom stereocenters. The molecule has 0 unspecified atom stereocenters. The van der Waals surface area contributed by atoms with Crippen molar-refractivity contribution < 1.29 is 14.3 Å². The lowest BCUT2D eigenvalue weighted by Gasteiger charge is -2.19. The molecule has 0 aromatic heterocycles. The Hall–Kier alpha value is -0.970. The van der Waals surface area contributed by atoms with Crippen molar-refractivity contribution in [2.45, 2.75) is 38.4 Å². The van der Waals surface area contributed by atoms with Crippen molar-refractivity contribution >= 4 is 29.1 Å². The van der Waals surface area contributed by atoms with Gasteiger partial charge < -0.3 is 14.8 Å². The fourth-order valence-corrected chi connectivity index (χ4v) is 2.50. The third-order valence-electron chi connectivity index (χ3n) is 3.35. The molecule has 1 heterocycles. The standard InChI is InChI=1S/C15H19Cl2NO3/c1-2-13(15(19)18-9-11-4-3-7-20-11)21-14-8-10(16)5-6-12(14)17/h5-6,8,11,13H,2-4,7,9H2,1H3,(H,18,19)/t11-,13-/m0/s1. The van der Waals surface area contributed by atoms with Crippen LogP contribution < -0.4 is 10.1 Å². The van der Waals surface area contributed by atoms with Gasteiger partial charge in [-0.2, -0.15) is 0 Å². The van der Waals surface area contributed by atoms with Gasteiger partial charge in [0.05, 0.1) is 11.1 Å². The Morgan fingerprint density at radius 3 is 3.00 bits per heavy atom. The zero-order chi connectivity index (χ0) is 15.2. The maximum absolute atomic E-state index is 12.2. The van der Waals surface area contributed by atoms with E-state index in [1.54, 1.807) is 18.2 Å². The summed E-state index contributed by atoms with van der Waals surface area (Å²) in [5, 5.41) is 3.82. The number of carbonyl (C=O) groups excluding carboxylic acids is 1. The average molecular weight is 332 g/mol. The van der Waals surface area contributed by atoms with Gasteiger partial charge in [0.1, 0.15) is 5.75 Å². The van der Waals surface area contributed by atoms with Gasteiger partial charge in [0, 0.05) is 24.2 Å². The highest BCUT2D eigenvalue weighted by atomic mass is 35.5. The van der Waals surface area contributed by atoms with E-state index in [-0.39, 0.29) is 12.0 Å². The number of hydrogen-bond acceptors (Lipinski definition) is 3. The zero-order valence-corrected chi connectivity index (χ0v) is 13.4. The molecule has 1 aromatic carbocycles. The predicted octanol–water partition coefficient (Wildman–Crippen LogP) is 3.45. The van der Waals surface area contributed by atoms with Gasteiger partial charge in [0.25, 0.3) is 5.91 Å². The summed E-state index contributed by atoms with van der Waals surface area (Å²) in [5.74, 6) is 0.257. The Morgan fingerprint density at radius 2 is 2.33 bits per heavy atom. The molecular formula is C15H19Cl2NO3. The molecule has 1 fully saturated rings. The van der Waals surface area contributed by atoms with Crippen molar-refractivity contribution in [2.24, 2.45) is 0 Å². The van der Waals surface area contributed by atoms with Crippen molar-refractivity contribution in [3.8, 4) is 5.75 Å². The average Bonchev–Trinajstić information content (AvgIpc) is 2.99. The Kier molecular flexibility index (Phi) is 6.15. The normalized spacial score (nSPS) is 19.3. The summed E-state index contributed by atoms with van der Waals surface area (Å²) in [5.41, 5.74) is 0. The fraction of sp³-hybridized carbons (Fsp3) is 0.533. The van der Waals surface area contributed by atoms with E-state index in [1.807, 2.05) is 6.92 Å². The first-order valence-electron chi connectivity index (χ1n) is 7.11. The molecule has 1 aliphatic rings. The maximum atomic E-state index is 12.2. The summed E-state index contributed by atoms with van der Waals surface area (Å²) in [4.78, 5) is 12.2. The van der Waals surface area contributed by atoms with E-state index in [0.29, 0.717) is 28.8 Å². The van der Waals surface area contributed by atoms with E-state index in [2.05, 4.69) is 5.32 Å². The van der Waals surface area contributed by atoms with Crippen molar-refractivity contribution in [1.82, 2.24) is 5.32 Å². The van der Waals surface area contributed by atoms with Crippen LogP contribution >= 0.6 is 23.2 Å². The van der Waals surface area contributed by atoms with E-state index in [4.69, 9.17) is 32.7 Å². The van der Waals surface area contributed by atoms with Crippen molar-refractivity contribution in [2.75, 3.05) is 13.2 Å². The molecule has 0 spiro atoms. The van der Waals surface area contributed by atoms with E-state index in [1.165, 1.54) is 0 Å². The van der Waals surface area contributed by atoms with E-state index in [0.717, 1.165) is 19.4 Å². The van der Waals surface area contributed by atoms with Crippen LogP contribution in [0.25, 0.3) is 0 Å². The lowest BCUT2D eigenvalue weighted by molar-refractivity contribution is -0.128. The van der Waals surface area contributed by atoms with Gasteiger partial charge in [0.15, 0.2) is 6.10 Å². The number of nitrogens with one attached hydrogen (secondary N) is 1. The van der Waals surface area contributed by atoms with Gasteiger partial charge in [-0.05, 0) is 31.4 Å². The van der Waals surface area contributed by atoms with E-state index in [9.17, 15) is 4.79 Å². The van der Waals surface area contributed by atoms with Crippen LogP contribution in [0.1, 0.15) is 26.2 Å². The SMILES string of the molecule is CC[C@H](Oc1cc(Cl)ccc1Cl)C(=O)NC[C@@H]1CCCO1. The molecule has 1 saturated heterocycles. The largest absolute Gasteiger partial charge is 0.479 e. The fourth-order valence-electron chi connectivity index (χ4n) is 2.18. The Balaban J connectivity index is 1.91. The second-order valence-corrected chi connectivity index (χ2v) is 5.81. The van der Waals surface area contributed by atoms with Gasteiger partial charge in [-0.15, -0.1) is 0 Å². The third kappa shape index (κ3) is 4.77. The molecule has 6 heteroatoms. The van der Waals surface area contributed by atoms with Crippen LogP contribution in [-0.2, 0) is 9.53 Å². The van der Waals surface area contributed by atoms with Gasteiger partial charge >= 0.3 is 0 Å². The number of carbonyl (C=O) groups is 1. The minimum Gasteiger partial charge on any atom is -0.479 e. The number of rotatable bonds is 6. The maximum Gasteiger partial charge on any atom is 0.261 e. The lowest BCUT2D eigenvalue weighted by atomic mass is 10.2. The van der Waals surface area contributed by atoms with Crippen molar-refractivity contribution in [3.63, 3.8) is 0 Å². The highest BCUT2D eigenvalue weighted by Crippen LogP contribution is 2.29. The van der Waals surface area contributed by atoms with Crippen LogP contribution in [0.15, 0.2) is 18.2 Å². The summed E-state index contributed by atoms with van der Waals surface area (Å²) in [6.45, 7) is 3.17. The van der Waals surface area contributed by atoms with Crippen LogP contribution in [0.4, 0.5) is 0 Å². The summed E-state index contributed by atoms with van der Waals surface area (Å²) >= 11 is 12.0. The minimum atomic E-state index is -0.595. The third-order valence-corrected chi connectivity index (χ3v) is 3.90. The molecule has 1 amide bonds. The number of benzene rings is 1. The van der Waals surface area contributed by atoms with Gasteiger partial charge in [0.2, 0.25) is 0 Å². The smallest absolute Gasteiger partial charge is 0.261 e. The summed E-state index contributed by atoms with van der Waals surface area (Å²) < 4.78 is 11.2. The number of ether oxygens (including phenoxy) is 2. The number of amides is 1. The first-order valence-corrected chi connectivity index (χ1v) is 7.86. The molecule has 2 rings (SSSR count). The highest BCUT2D eigenvalue weighted by Gasteiger charge is 2.22. The second kappa shape index (κ2) is 7.87. The van der Waals surface area contributed by atoms with Crippen molar-refractivity contribution in [1.29, 1.82) is 0 Å². The molecule has 116 valence electrons. The minimum absolute atomic E-state index is 0.112. The van der Waals surface area contributed by atoms with Crippen LogP contribution in [-0.4, -0.2) is 31.3 Å². The van der Waals surface area contributed by atoms with E-state index < -0.39 is 6.10 Å². The van der Waals surface area contributed by atoms with E-state index >= 15 is 0 Å². The Morgan fingerprint density at radius 1 is 1.52 bits per heavy atom. The van der Waals surface area contributed by atoms with Crippen LogP contribution in [0.5, 0.6) is 5.75 Å². The van der Waals surface area contributed by atoms with Crippen LogP contribution in [0, 0.1) is 0 Å². The van der Waals surface area contributed by atoms with Crippen LogP contribution in [0.3, 0.4) is 0 Å². The number of hydrogen-bond donors (Lipinski definition) is 1. The molecular weight excluding hydrogens is 313 g/mol. The van der Waals surface area contributed by atoms with Gasteiger partial charge in [-0.25, -0.2) is 0 Å². The Labute approximate surface area is 134 Å². The Bertz CT molecular complexity index is 490. The summed E-state index contributed by atoms with van der Waals surface area (Å²) in [7, 11) is 0. The van der Waals surface area contributed by atoms with Gasteiger partial charge in [-0.1, -0.05) is 30.1 Å².